The Labute approximate surface area is 170 Å². The maximum Gasteiger partial charge on any atom is 0.317 e. The number of halogens is 1. The molecule has 1 unspecified atom stereocenters. The van der Waals surface area contributed by atoms with Crippen molar-refractivity contribution in [2.45, 2.75) is 17.5 Å². The largest absolute Gasteiger partial charge is 0.370 e. The van der Waals surface area contributed by atoms with E-state index in [1.807, 2.05) is 0 Å². The number of nitrogens with one attached hydrogen (secondary N) is 1. The molecule has 0 aromatic heterocycles. The van der Waals surface area contributed by atoms with Crippen molar-refractivity contribution in [2.75, 3.05) is 33.8 Å². The van der Waals surface area contributed by atoms with Crippen LogP contribution in [0.1, 0.15) is 17.2 Å². The molecule has 1 N–H and O–H groups in total. The van der Waals surface area contributed by atoms with Gasteiger partial charge in [-0.2, -0.15) is 0 Å². The van der Waals surface area contributed by atoms with Crippen LogP contribution >= 0.6 is 0 Å². The minimum Gasteiger partial charge on any atom is -0.370 e. The monoisotopic (exact) mass is 421 g/mol. The molecule has 29 heavy (non-hydrogen) atoms. The number of morpholine rings is 1. The third-order valence-corrected chi connectivity index (χ3v) is 6.67. The molecular formula is C20H24FN3O4S. The lowest BCUT2D eigenvalue weighted by Crippen LogP contribution is -2.47. The number of amides is 2. The summed E-state index contributed by atoms with van der Waals surface area (Å²) in [6.07, 6.45) is -0.337. The van der Waals surface area contributed by atoms with Gasteiger partial charge in [-0.3, -0.25) is 0 Å². The number of rotatable bonds is 5. The van der Waals surface area contributed by atoms with Crippen molar-refractivity contribution >= 4 is 16.1 Å². The summed E-state index contributed by atoms with van der Waals surface area (Å²) < 4.78 is 44.9. The van der Waals surface area contributed by atoms with Gasteiger partial charge in [0.2, 0.25) is 10.0 Å². The van der Waals surface area contributed by atoms with Crippen molar-refractivity contribution in [1.82, 2.24) is 14.5 Å². The van der Waals surface area contributed by atoms with Crippen LogP contribution in [0.4, 0.5) is 9.18 Å². The van der Waals surface area contributed by atoms with Crippen molar-refractivity contribution in [3.05, 3.63) is 65.5 Å². The Morgan fingerprint density at radius 1 is 1.21 bits per heavy atom. The fraction of sp³-hybridized carbons (Fsp3) is 0.350. The number of ether oxygens (including phenoxy) is 1. The molecule has 156 valence electrons. The second-order valence-electron chi connectivity index (χ2n) is 6.91. The Kier molecular flexibility index (Phi) is 6.51. The van der Waals surface area contributed by atoms with Crippen LogP contribution in [0.15, 0.2) is 53.4 Å². The van der Waals surface area contributed by atoms with E-state index in [2.05, 4.69) is 5.32 Å². The second-order valence-corrected chi connectivity index (χ2v) is 9.03. The highest BCUT2D eigenvalue weighted by Gasteiger charge is 2.26. The molecule has 0 spiro atoms. The molecule has 2 aromatic rings. The molecule has 3 rings (SSSR count). The van der Waals surface area contributed by atoms with Gasteiger partial charge in [0.15, 0.2) is 0 Å². The van der Waals surface area contributed by atoms with Crippen LogP contribution in [0.5, 0.6) is 0 Å². The van der Waals surface area contributed by atoms with Crippen molar-refractivity contribution in [2.24, 2.45) is 0 Å². The summed E-state index contributed by atoms with van der Waals surface area (Å²) in [7, 11) is -0.678. The highest BCUT2D eigenvalue weighted by Crippen LogP contribution is 2.23. The second kappa shape index (κ2) is 8.89. The predicted octanol–water partition coefficient (Wildman–Crippen LogP) is 2.36. The van der Waals surface area contributed by atoms with E-state index < -0.39 is 10.0 Å². The number of hydrogen-bond donors (Lipinski definition) is 1. The van der Waals surface area contributed by atoms with Gasteiger partial charge in [-0.1, -0.05) is 30.3 Å². The number of urea groups is 1. The topological polar surface area (TPSA) is 79.0 Å². The van der Waals surface area contributed by atoms with E-state index in [1.54, 1.807) is 35.2 Å². The summed E-state index contributed by atoms with van der Waals surface area (Å²) in [6, 6.07) is 12.3. The molecule has 2 amide bonds. The summed E-state index contributed by atoms with van der Waals surface area (Å²) in [5.74, 6) is -0.328. The van der Waals surface area contributed by atoms with E-state index in [1.165, 1.54) is 32.3 Å². The van der Waals surface area contributed by atoms with Gasteiger partial charge in [-0.05, 0) is 29.3 Å². The molecule has 1 saturated heterocycles. The first-order chi connectivity index (χ1) is 13.8. The van der Waals surface area contributed by atoms with Crippen molar-refractivity contribution in [3.63, 3.8) is 0 Å². The molecule has 0 bridgehead atoms. The third-order valence-electron chi connectivity index (χ3n) is 4.76. The van der Waals surface area contributed by atoms with Crippen LogP contribution in [-0.4, -0.2) is 57.4 Å². The van der Waals surface area contributed by atoms with Crippen LogP contribution in [0.25, 0.3) is 0 Å². The molecule has 1 heterocycles. The Morgan fingerprint density at radius 2 is 1.90 bits per heavy atom. The zero-order valence-corrected chi connectivity index (χ0v) is 17.2. The zero-order valence-electron chi connectivity index (χ0n) is 16.3. The van der Waals surface area contributed by atoms with Gasteiger partial charge >= 0.3 is 6.03 Å². The minimum absolute atomic E-state index is 0.0840. The molecule has 0 saturated carbocycles. The highest BCUT2D eigenvalue weighted by molar-refractivity contribution is 7.89. The fourth-order valence-corrected chi connectivity index (χ4v) is 4.21. The van der Waals surface area contributed by atoms with Gasteiger partial charge < -0.3 is 15.0 Å². The lowest BCUT2D eigenvalue weighted by molar-refractivity contribution is -0.0155. The molecule has 1 atom stereocenters. The smallest absolute Gasteiger partial charge is 0.317 e. The first-order valence-electron chi connectivity index (χ1n) is 9.19. The van der Waals surface area contributed by atoms with Crippen molar-refractivity contribution in [1.29, 1.82) is 0 Å². The molecule has 1 aliphatic rings. The number of hydrogen-bond acceptors (Lipinski definition) is 4. The normalized spacial score (nSPS) is 17.4. The number of nitrogens with zero attached hydrogens (tertiary/aromatic N) is 2. The van der Waals surface area contributed by atoms with Gasteiger partial charge in [0.25, 0.3) is 0 Å². The van der Waals surface area contributed by atoms with Gasteiger partial charge in [-0.15, -0.1) is 0 Å². The number of sulfonamides is 1. The maximum atomic E-state index is 13.1. The predicted molar refractivity (Wildman–Crippen MR) is 106 cm³/mol. The van der Waals surface area contributed by atoms with Gasteiger partial charge in [0, 0.05) is 27.2 Å². The van der Waals surface area contributed by atoms with Crippen LogP contribution in [0.2, 0.25) is 0 Å². The fourth-order valence-electron chi connectivity index (χ4n) is 3.09. The average molecular weight is 421 g/mol. The van der Waals surface area contributed by atoms with Crippen molar-refractivity contribution < 1.29 is 22.3 Å². The number of benzene rings is 2. The lowest BCUT2D eigenvalue weighted by Gasteiger charge is -2.33. The molecule has 2 aromatic carbocycles. The summed E-state index contributed by atoms with van der Waals surface area (Å²) in [5.41, 5.74) is 1.31. The highest BCUT2D eigenvalue weighted by atomic mass is 32.2. The van der Waals surface area contributed by atoms with Crippen LogP contribution in [-0.2, 0) is 21.3 Å². The van der Waals surface area contributed by atoms with Gasteiger partial charge in [-0.25, -0.2) is 21.9 Å². The lowest BCUT2D eigenvalue weighted by atomic mass is 10.1. The number of carbonyl (C=O) groups excluding carboxylic acids is 1. The zero-order chi connectivity index (χ0) is 21.0. The minimum atomic E-state index is -3.61. The summed E-state index contributed by atoms with van der Waals surface area (Å²) in [5, 5.41) is 2.79. The Hall–Kier alpha value is -2.49. The standard InChI is InChI=1S/C20H24FN3O4S/c1-23(2)29(26,27)19-6-4-3-5-16(19)13-22-20(25)24-11-12-28-18(14-24)15-7-9-17(21)10-8-15/h3-10,18H,11-14H2,1-2H3,(H,22,25). The van der Waals surface area contributed by atoms with E-state index in [-0.39, 0.29) is 29.4 Å². The molecule has 9 heteroatoms. The molecule has 0 radical (unpaired) electrons. The van der Waals surface area contributed by atoms with E-state index in [4.69, 9.17) is 4.74 Å². The van der Waals surface area contributed by atoms with E-state index in [0.717, 1.165) is 9.87 Å². The molecule has 0 aliphatic carbocycles. The summed E-state index contributed by atoms with van der Waals surface area (Å²) in [6.45, 7) is 1.19. The third kappa shape index (κ3) is 4.92. The van der Waals surface area contributed by atoms with Crippen LogP contribution < -0.4 is 5.32 Å². The SMILES string of the molecule is CN(C)S(=O)(=O)c1ccccc1CNC(=O)N1CCOC(c2ccc(F)cc2)C1. The quantitative estimate of drug-likeness (QED) is 0.804. The first kappa shape index (κ1) is 21.2. The van der Waals surface area contributed by atoms with Gasteiger partial charge in [0.05, 0.1) is 18.0 Å². The molecular weight excluding hydrogens is 397 g/mol. The van der Waals surface area contributed by atoms with E-state index in [9.17, 15) is 17.6 Å². The van der Waals surface area contributed by atoms with Crippen LogP contribution in [0.3, 0.4) is 0 Å². The Balaban J connectivity index is 1.66. The first-order valence-corrected chi connectivity index (χ1v) is 10.6. The van der Waals surface area contributed by atoms with E-state index in [0.29, 0.717) is 25.3 Å². The van der Waals surface area contributed by atoms with Gasteiger partial charge in [0.1, 0.15) is 11.9 Å². The summed E-state index contributed by atoms with van der Waals surface area (Å²) in [4.78, 5) is 14.4. The van der Waals surface area contributed by atoms with Crippen molar-refractivity contribution in [3.8, 4) is 0 Å². The Morgan fingerprint density at radius 3 is 2.59 bits per heavy atom. The number of carbonyl (C=O) groups is 1. The molecule has 1 aliphatic heterocycles. The summed E-state index contributed by atoms with van der Waals surface area (Å²) >= 11 is 0. The Bertz CT molecular complexity index is 964. The molecule has 1 fully saturated rings. The molecule has 7 nitrogen and oxygen atoms in total. The van der Waals surface area contributed by atoms with E-state index >= 15 is 0 Å². The van der Waals surface area contributed by atoms with Crippen LogP contribution in [0, 0.1) is 5.82 Å². The average Bonchev–Trinajstić information content (AvgIpc) is 2.72. The maximum absolute atomic E-state index is 13.1.